The Morgan fingerprint density at radius 3 is 2.75 bits per heavy atom. The number of aromatic nitrogens is 3. The van der Waals surface area contributed by atoms with Crippen molar-refractivity contribution in [2.45, 2.75) is 38.8 Å². The highest BCUT2D eigenvalue weighted by Gasteiger charge is 2.31. The normalized spacial score (nSPS) is 17.4. The number of nitro groups is 1. The van der Waals surface area contributed by atoms with Crippen molar-refractivity contribution < 1.29 is 9.72 Å². The molecule has 1 aromatic heterocycles. The summed E-state index contributed by atoms with van der Waals surface area (Å²) in [6, 6.07) is 3.01. The van der Waals surface area contributed by atoms with Gasteiger partial charge < -0.3 is 20.5 Å². The van der Waals surface area contributed by atoms with Crippen LogP contribution in [0.25, 0.3) is 0 Å². The summed E-state index contributed by atoms with van der Waals surface area (Å²) in [5.41, 5.74) is 6.48. The molecular formula is C18H23N7O3. The van der Waals surface area contributed by atoms with Gasteiger partial charge in [0.15, 0.2) is 0 Å². The predicted molar refractivity (Wildman–Crippen MR) is 102 cm³/mol. The van der Waals surface area contributed by atoms with Crippen LogP contribution in [-0.2, 0) is 13.1 Å². The van der Waals surface area contributed by atoms with Crippen molar-refractivity contribution in [3.63, 3.8) is 0 Å². The molecule has 1 amide bonds. The average Bonchev–Trinajstić information content (AvgIpc) is 3.13. The topological polar surface area (TPSA) is 132 Å². The maximum absolute atomic E-state index is 13.0. The number of nitrogens with two attached hydrogens (primary N) is 1. The lowest BCUT2D eigenvalue weighted by molar-refractivity contribution is -0.384. The highest BCUT2D eigenvalue weighted by Crippen LogP contribution is 2.31. The summed E-state index contributed by atoms with van der Waals surface area (Å²) in [6.07, 6.45) is 1.57. The maximum atomic E-state index is 13.0. The number of anilines is 1. The maximum Gasteiger partial charge on any atom is 0.293 e. The van der Waals surface area contributed by atoms with Gasteiger partial charge >= 0.3 is 0 Å². The van der Waals surface area contributed by atoms with Crippen molar-refractivity contribution in [3.05, 3.63) is 45.0 Å². The molecular weight excluding hydrogens is 362 g/mol. The summed E-state index contributed by atoms with van der Waals surface area (Å²) < 4.78 is 2.18. The molecule has 28 heavy (non-hydrogen) atoms. The van der Waals surface area contributed by atoms with Gasteiger partial charge in [0.25, 0.3) is 11.6 Å². The fraction of sp³-hybridized carbons (Fsp3) is 0.500. The van der Waals surface area contributed by atoms with Gasteiger partial charge in [-0.3, -0.25) is 14.9 Å². The van der Waals surface area contributed by atoms with Gasteiger partial charge in [-0.25, -0.2) is 0 Å². The average molecular weight is 385 g/mol. The van der Waals surface area contributed by atoms with Crippen molar-refractivity contribution in [1.82, 2.24) is 25.0 Å². The lowest BCUT2D eigenvalue weighted by atomic mass is 9.95. The van der Waals surface area contributed by atoms with Crippen LogP contribution in [0, 0.1) is 17.0 Å². The summed E-state index contributed by atoms with van der Waals surface area (Å²) in [5.74, 6) is 1.96. The number of carbonyl (C=O) groups is 1. The molecule has 0 radical (unpaired) electrons. The Kier molecular flexibility index (Phi) is 4.71. The third-order valence-corrected chi connectivity index (χ3v) is 5.53. The summed E-state index contributed by atoms with van der Waals surface area (Å²) in [4.78, 5) is 25.3. The summed E-state index contributed by atoms with van der Waals surface area (Å²) in [6.45, 7) is 5.34. The first kappa shape index (κ1) is 18.4. The van der Waals surface area contributed by atoms with Crippen LogP contribution >= 0.6 is 0 Å². The molecule has 2 aliphatic heterocycles. The number of nitrogen functional groups attached to an aromatic ring is 1. The quantitative estimate of drug-likeness (QED) is 0.461. The molecule has 0 spiro atoms. The van der Waals surface area contributed by atoms with Crippen molar-refractivity contribution in [2.75, 3.05) is 25.4 Å². The molecule has 0 aliphatic carbocycles. The third-order valence-electron chi connectivity index (χ3n) is 5.53. The molecule has 10 heteroatoms. The van der Waals surface area contributed by atoms with Gasteiger partial charge in [-0.2, -0.15) is 0 Å². The van der Waals surface area contributed by atoms with E-state index in [2.05, 4.69) is 20.1 Å². The standard InChI is InChI=1S/C18H23N7O3/c1-11-8-13(16(19)14(9-11)25(27)28)18(26)23-5-2-12(3-6-23)17-22-21-15-10-20-4-7-24(15)17/h8-9,12,20H,2-7,10,19H2,1H3. The second-order valence-electron chi connectivity index (χ2n) is 7.37. The molecule has 0 unspecified atom stereocenters. The van der Waals surface area contributed by atoms with E-state index >= 15 is 0 Å². The molecule has 1 saturated heterocycles. The van der Waals surface area contributed by atoms with Crippen molar-refractivity contribution in [2.24, 2.45) is 0 Å². The van der Waals surface area contributed by atoms with Crippen LogP contribution in [0.1, 0.15) is 46.3 Å². The first-order valence-corrected chi connectivity index (χ1v) is 9.42. The molecule has 10 nitrogen and oxygen atoms in total. The van der Waals surface area contributed by atoms with Crippen LogP contribution in [0.5, 0.6) is 0 Å². The highest BCUT2D eigenvalue weighted by molar-refractivity contribution is 6.01. The number of nitrogens with zero attached hydrogens (tertiary/aromatic N) is 5. The number of nitro benzene ring substituents is 1. The number of amides is 1. The number of hydrogen-bond donors (Lipinski definition) is 2. The SMILES string of the molecule is Cc1cc(C(=O)N2CCC(c3nnc4n3CCNC4)CC2)c(N)c([N+](=O)[O-])c1. The molecule has 2 aromatic rings. The molecule has 0 saturated carbocycles. The number of carbonyl (C=O) groups excluding carboxylic acids is 1. The monoisotopic (exact) mass is 385 g/mol. The molecule has 1 aromatic carbocycles. The molecule has 3 N–H and O–H groups in total. The third kappa shape index (κ3) is 3.19. The van der Waals surface area contributed by atoms with Crippen LogP contribution in [0.3, 0.4) is 0 Å². The van der Waals surface area contributed by atoms with Crippen LogP contribution in [0.4, 0.5) is 11.4 Å². The van der Waals surface area contributed by atoms with E-state index in [0.717, 1.165) is 44.1 Å². The van der Waals surface area contributed by atoms with Gasteiger partial charge in [-0.05, 0) is 31.4 Å². The number of fused-ring (bicyclic) bond motifs is 1. The number of nitrogens with one attached hydrogen (secondary N) is 1. The van der Waals surface area contributed by atoms with Crippen LogP contribution < -0.4 is 11.1 Å². The number of piperidine rings is 1. The first-order valence-electron chi connectivity index (χ1n) is 9.42. The van der Waals surface area contributed by atoms with Crippen LogP contribution in [0.15, 0.2) is 12.1 Å². The molecule has 4 rings (SSSR count). The second kappa shape index (κ2) is 7.19. The molecule has 3 heterocycles. The number of likely N-dealkylation sites (tertiary alicyclic amines) is 1. The van der Waals surface area contributed by atoms with Crippen molar-refractivity contribution in [1.29, 1.82) is 0 Å². The summed E-state index contributed by atoms with van der Waals surface area (Å²) in [7, 11) is 0. The lowest BCUT2D eigenvalue weighted by Gasteiger charge is -2.32. The van der Waals surface area contributed by atoms with Crippen LogP contribution in [-0.4, -0.2) is 50.1 Å². The van der Waals surface area contributed by atoms with E-state index in [-0.39, 0.29) is 28.8 Å². The van der Waals surface area contributed by atoms with Gasteiger partial charge in [0.2, 0.25) is 0 Å². The predicted octanol–water partition coefficient (Wildman–Crippen LogP) is 1.20. The Morgan fingerprint density at radius 2 is 2.04 bits per heavy atom. The zero-order valence-corrected chi connectivity index (χ0v) is 15.7. The van der Waals surface area contributed by atoms with E-state index < -0.39 is 4.92 Å². The van der Waals surface area contributed by atoms with E-state index in [1.54, 1.807) is 17.9 Å². The molecule has 0 bridgehead atoms. The lowest BCUT2D eigenvalue weighted by Crippen LogP contribution is -2.39. The van der Waals surface area contributed by atoms with Gasteiger partial charge in [0, 0.05) is 38.2 Å². The molecule has 1 fully saturated rings. The van der Waals surface area contributed by atoms with Crippen molar-refractivity contribution in [3.8, 4) is 0 Å². The highest BCUT2D eigenvalue weighted by atomic mass is 16.6. The zero-order chi connectivity index (χ0) is 19.8. The Labute approximate surface area is 161 Å². The Hall–Kier alpha value is -3.01. The fourth-order valence-corrected chi connectivity index (χ4v) is 4.03. The van der Waals surface area contributed by atoms with Gasteiger partial charge in [-0.15, -0.1) is 10.2 Å². The van der Waals surface area contributed by atoms with Gasteiger partial charge in [0.05, 0.1) is 17.0 Å². The smallest absolute Gasteiger partial charge is 0.293 e. The minimum absolute atomic E-state index is 0.0678. The molecule has 148 valence electrons. The number of hydrogen-bond acceptors (Lipinski definition) is 7. The van der Waals surface area contributed by atoms with E-state index in [1.165, 1.54) is 6.07 Å². The van der Waals surface area contributed by atoms with E-state index in [9.17, 15) is 14.9 Å². The minimum atomic E-state index is -0.547. The van der Waals surface area contributed by atoms with E-state index in [1.807, 2.05) is 0 Å². The minimum Gasteiger partial charge on any atom is -0.393 e. The van der Waals surface area contributed by atoms with E-state index in [0.29, 0.717) is 18.7 Å². The molecule has 2 aliphatic rings. The number of aryl methyl sites for hydroxylation is 1. The zero-order valence-electron chi connectivity index (χ0n) is 15.7. The number of benzene rings is 1. The molecule has 0 atom stereocenters. The Morgan fingerprint density at radius 1 is 1.29 bits per heavy atom. The second-order valence-corrected chi connectivity index (χ2v) is 7.37. The largest absolute Gasteiger partial charge is 0.393 e. The van der Waals surface area contributed by atoms with Crippen LogP contribution in [0.2, 0.25) is 0 Å². The van der Waals surface area contributed by atoms with Gasteiger partial charge in [-0.1, -0.05) is 0 Å². The number of rotatable bonds is 3. The first-order chi connectivity index (χ1) is 13.5. The Bertz CT molecular complexity index is 932. The summed E-state index contributed by atoms with van der Waals surface area (Å²) in [5, 5.41) is 23.1. The van der Waals surface area contributed by atoms with Crippen molar-refractivity contribution >= 4 is 17.3 Å². The van der Waals surface area contributed by atoms with E-state index in [4.69, 9.17) is 5.73 Å². The Balaban J connectivity index is 1.49. The summed E-state index contributed by atoms with van der Waals surface area (Å²) >= 11 is 0. The van der Waals surface area contributed by atoms with Gasteiger partial charge in [0.1, 0.15) is 17.3 Å². The fourth-order valence-electron chi connectivity index (χ4n) is 4.03.